The summed E-state index contributed by atoms with van der Waals surface area (Å²) in [6.07, 6.45) is 0. The van der Waals surface area contributed by atoms with Crippen LogP contribution in [0.5, 0.6) is 0 Å². The first-order valence-corrected chi connectivity index (χ1v) is 10.2. The van der Waals surface area contributed by atoms with E-state index in [-0.39, 0.29) is 0 Å². The number of benzene rings is 2. The van der Waals surface area contributed by atoms with Crippen LogP contribution >= 0.6 is 58.6 Å². The zero-order valence-electron chi connectivity index (χ0n) is 15.0. The molecule has 0 amide bonds. The Morgan fingerprint density at radius 2 is 1.61 bits per heavy atom. The molecule has 0 radical (unpaired) electrons. The van der Waals surface area contributed by atoms with Gasteiger partial charge in [-0.2, -0.15) is 5.10 Å². The van der Waals surface area contributed by atoms with Crippen LogP contribution in [-0.2, 0) is 6.54 Å². The highest BCUT2D eigenvalue weighted by Crippen LogP contribution is 2.28. The fourth-order valence-electron chi connectivity index (χ4n) is 2.77. The number of aryl methyl sites for hydroxylation is 1. The smallest absolute Gasteiger partial charge is 0.175 e. The first-order chi connectivity index (χ1) is 13.2. The molecule has 0 aliphatic heterocycles. The largest absolute Gasteiger partial charge is 0.332 e. The standard InChI is InChI=1S/C19H16Cl4N4S/c1-10-18(25-19(28)24-14-7-12(20)6-13(21)8-14)11(2)27(26-10)9-15-16(22)4-3-5-17(15)23/h3-8H,9H2,1-2H3,(H2,24,25,28). The number of halogens is 4. The summed E-state index contributed by atoms with van der Waals surface area (Å²) in [5.41, 5.74) is 4.03. The maximum Gasteiger partial charge on any atom is 0.175 e. The van der Waals surface area contributed by atoms with Gasteiger partial charge in [-0.25, -0.2) is 0 Å². The maximum atomic E-state index is 6.28. The third-order valence-corrected chi connectivity index (χ3v) is 5.46. The van der Waals surface area contributed by atoms with E-state index in [0.717, 1.165) is 22.6 Å². The summed E-state index contributed by atoms with van der Waals surface area (Å²) < 4.78 is 1.84. The van der Waals surface area contributed by atoms with Crippen LogP contribution in [0.15, 0.2) is 36.4 Å². The lowest BCUT2D eigenvalue weighted by molar-refractivity contribution is 0.659. The highest BCUT2D eigenvalue weighted by Gasteiger charge is 2.15. The Kier molecular flexibility index (Phi) is 6.73. The Labute approximate surface area is 188 Å². The third-order valence-electron chi connectivity index (χ3n) is 4.11. The van der Waals surface area contributed by atoms with E-state index in [2.05, 4.69) is 15.7 Å². The summed E-state index contributed by atoms with van der Waals surface area (Å²) in [7, 11) is 0. The summed E-state index contributed by atoms with van der Waals surface area (Å²) >= 11 is 30.0. The van der Waals surface area contributed by atoms with Crippen LogP contribution in [0, 0.1) is 13.8 Å². The molecule has 9 heteroatoms. The highest BCUT2D eigenvalue weighted by atomic mass is 35.5. The highest BCUT2D eigenvalue weighted by molar-refractivity contribution is 7.80. The second kappa shape index (κ2) is 8.89. The Morgan fingerprint density at radius 1 is 1.00 bits per heavy atom. The van der Waals surface area contributed by atoms with Crippen LogP contribution in [0.25, 0.3) is 0 Å². The first kappa shape index (κ1) is 21.2. The molecule has 0 aliphatic rings. The molecule has 0 saturated heterocycles. The molecular weight excluding hydrogens is 458 g/mol. The van der Waals surface area contributed by atoms with Crippen LogP contribution in [-0.4, -0.2) is 14.9 Å². The lowest BCUT2D eigenvalue weighted by atomic mass is 10.2. The minimum absolute atomic E-state index is 0.403. The molecule has 0 unspecified atom stereocenters. The summed E-state index contributed by atoms with van der Waals surface area (Å²) in [5.74, 6) is 0. The van der Waals surface area contributed by atoms with Crippen LogP contribution in [0.4, 0.5) is 11.4 Å². The van der Waals surface area contributed by atoms with Gasteiger partial charge in [0, 0.05) is 31.3 Å². The zero-order chi connectivity index (χ0) is 20.4. The second-order valence-electron chi connectivity index (χ2n) is 6.14. The average Bonchev–Trinajstić information content (AvgIpc) is 2.85. The van der Waals surface area contributed by atoms with Gasteiger partial charge in [-0.1, -0.05) is 52.5 Å². The van der Waals surface area contributed by atoms with Gasteiger partial charge in [0.05, 0.1) is 23.6 Å². The Morgan fingerprint density at radius 3 is 2.21 bits per heavy atom. The summed E-state index contributed by atoms with van der Waals surface area (Å²) in [4.78, 5) is 0. The molecule has 0 aliphatic carbocycles. The van der Waals surface area contributed by atoms with E-state index >= 15 is 0 Å². The Balaban J connectivity index is 1.79. The Hall–Kier alpha value is -1.50. The van der Waals surface area contributed by atoms with E-state index in [9.17, 15) is 0 Å². The molecule has 0 fully saturated rings. The number of aromatic nitrogens is 2. The molecule has 0 saturated carbocycles. The third kappa shape index (κ3) is 4.91. The molecule has 3 rings (SSSR count). The van der Waals surface area contributed by atoms with Gasteiger partial charge in [0.2, 0.25) is 0 Å². The van der Waals surface area contributed by atoms with Crippen molar-refractivity contribution in [3.63, 3.8) is 0 Å². The van der Waals surface area contributed by atoms with Gasteiger partial charge in [0.1, 0.15) is 0 Å². The predicted molar refractivity (Wildman–Crippen MR) is 124 cm³/mol. The van der Waals surface area contributed by atoms with Crippen LogP contribution in [0.2, 0.25) is 20.1 Å². The van der Waals surface area contributed by atoms with Gasteiger partial charge >= 0.3 is 0 Å². The number of thiocarbonyl (C=S) groups is 1. The molecular formula is C19H16Cl4N4S. The fraction of sp³-hybridized carbons (Fsp3) is 0.158. The average molecular weight is 474 g/mol. The normalized spacial score (nSPS) is 10.8. The minimum atomic E-state index is 0.403. The van der Waals surface area contributed by atoms with Crippen molar-refractivity contribution in [1.82, 2.24) is 9.78 Å². The lowest BCUT2D eigenvalue weighted by Gasteiger charge is -2.12. The van der Waals surface area contributed by atoms with E-state index in [0.29, 0.717) is 37.4 Å². The van der Waals surface area contributed by atoms with Crippen molar-refractivity contribution in [3.05, 3.63) is 73.4 Å². The number of anilines is 2. The van der Waals surface area contributed by atoms with Crippen molar-refractivity contribution >= 4 is 75.1 Å². The van der Waals surface area contributed by atoms with Gasteiger partial charge in [0.25, 0.3) is 0 Å². The Bertz CT molecular complexity index is 1010. The molecule has 3 aromatic rings. The van der Waals surface area contributed by atoms with E-state index in [1.165, 1.54) is 0 Å². The molecule has 1 aromatic heterocycles. The number of rotatable bonds is 4. The molecule has 0 spiro atoms. The van der Waals surface area contributed by atoms with Crippen molar-refractivity contribution in [2.24, 2.45) is 0 Å². The predicted octanol–water partition coefficient (Wildman–Crippen LogP) is 6.97. The molecule has 146 valence electrons. The SMILES string of the molecule is Cc1nn(Cc2c(Cl)cccc2Cl)c(C)c1NC(=S)Nc1cc(Cl)cc(Cl)c1. The van der Waals surface area contributed by atoms with Crippen molar-refractivity contribution in [2.75, 3.05) is 10.6 Å². The first-order valence-electron chi connectivity index (χ1n) is 8.25. The van der Waals surface area contributed by atoms with E-state index in [4.69, 9.17) is 58.6 Å². The quantitative estimate of drug-likeness (QED) is 0.401. The number of nitrogens with zero attached hydrogens (tertiary/aromatic N) is 2. The van der Waals surface area contributed by atoms with Crippen molar-refractivity contribution in [3.8, 4) is 0 Å². The van der Waals surface area contributed by atoms with Gasteiger partial charge in [-0.3, -0.25) is 4.68 Å². The molecule has 1 heterocycles. The number of hydrogen-bond acceptors (Lipinski definition) is 2. The molecule has 2 aromatic carbocycles. The molecule has 4 nitrogen and oxygen atoms in total. The van der Waals surface area contributed by atoms with Crippen LogP contribution in [0.1, 0.15) is 17.0 Å². The second-order valence-corrected chi connectivity index (χ2v) is 8.24. The van der Waals surface area contributed by atoms with Gasteiger partial charge in [0.15, 0.2) is 5.11 Å². The van der Waals surface area contributed by atoms with Crippen molar-refractivity contribution in [2.45, 2.75) is 20.4 Å². The van der Waals surface area contributed by atoms with Crippen LogP contribution in [0.3, 0.4) is 0 Å². The van der Waals surface area contributed by atoms with E-state index in [1.54, 1.807) is 18.2 Å². The lowest BCUT2D eigenvalue weighted by Crippen LogP contribution is -2.20. The number of nitrogens with one attached hydrogen (secondary N) is 2. The molecule has 0 bridgehead atoms. The van der Waals surface area contributed by atoms with E-state index in [1.807, 2.05) is 36.7 Å². The summed E-state index contributed by atoms with van der Waals surface area (Å²) in [6, 6.07) is 10.6. The van der Waals surface area contributed by atoms with Crippen molar-refractivity contribution in [1.29, 1.82) is 0 Å². The van der Waals surface area contributed by atoms with E-state index < -0.39 is 0 Å². The van der Waals surface area contributed by atoms with Gasteiger partial charge in [-0.05, 0) is 56.4 Å². The molecule has 28 heavy (non-hydrogen) atoms. The zero-order valence-corrected chi connectivity index (χ0v) is 18.8. The fourth-order valence-corrected chi connectivity index (χ4v) is 4.03. The van der Waals surface area contributed by atoms with Gasteiger partial charge in [-0.15, -0.1) is 0 Å². The van der Waals surface area contributed by atoms with Crippen LogP contribution < -0.4 is 10.6 Å². The summed E-state index contributed by atoms with van der Waals surface area (Å²) in [5, 5.41) is 13.5. The maximum absolute atomic E-state index is 6.28. The number of hydrogen-bond donors (Lipinski definition) is 2. The topological polar surface area (TPSA) is 41.9 Å². The minimum Gasteiger partial charge on any atom is -0.332 e. The van der Waals surface area contributed by atoms with Gasteiger partial charge < -0.3 is 10.6 Å². The molecule has 0 atom stereocenters. The molecule has 2 N–H and O–H groups in total. The summed E-state index contributed by atoms with van der Waals surface area (Å²) in [6.45, 7) is 4.31. The van der Waals surface area contributed by atoms with Crippen molar-refractivity contribution < 1.29 is 0 Å². The monoisotopic (exact) mass is 472 g/mol.